The van der Waals surface area contributed by atoms with Gasteiger partial charge in [0.15, 0.2) is 0 Å². The van der Waals surface area contributed by atoms with Crippen LogP contribution in [0.5, 0.6) is 0 Å². The van der Waals surface area contributed by atoms with E-state index in [0.29, 0.717) is 11.8 Å². The molecule has 2 N–H and O–H groups in total. The van der Waals surface area contributed by atoms with E-state index in [4.69, 9.17) is 0 Å². The van der Waals surface area contributed by atoms with Crippen LogP contribution in [0.15, 0.2) is 0 Å². The van der Waals surface area contributed by atoms with Crippen LogP contribution in [0.25, 0.3) is 0 Å². The van der Waals surface area contributed by atoms with Crippen LogP contribution in [-0.4, -0.2) is 50.1 Å². The Bertz CT molecular complexity index is 253. The zero-order valence-electron chi connectivity index (χ0n) is 11.8. The van der Waals surface area contributed by atoms with Gasteiger partial charge in [-0.15, -0.1) is 0 Å². The number of likely N-dealkylation sites (N-methyl/N-ethyl adjacent to an activating group) is 1. The Morgan fingerprint density at radius 2 is 2.12 bits per heavy atom. The van der Waals surface area contributed by atoms with Gasteiger partial charge >= 0.3 is 0 Å². The maximum Gasteiger partial charge on any atom is 0.237 e. The first kappa shape index (κ1) is 14.5. The molecule has 0 bridgehead atoms. The normalized spacial score (nSPS) is 26.5. The molecule has 0 saturated carbocycles. The average Bonchev–Trinajstić information content (AvgIpc) is 2.62. The van der Waals surface area contributed by atoms with E-state index in [0.717, 1.165) is 19.5 Å². The smallest absolute Gasteiger partial charge is 0.237 e. The average molecular weight is 241 g/mol. The van der Waals surface area contributed by atoms with Crippen molar-refractivity contribution in [2.45, 2.75) is 39.3 Å². The highest BCUT2D eigenvalue weighted by molar-refractivity contribution is 5.82. The van der Waals surface area contributed by atoms with Gasteiger partial charge in [0.1, 0.15) is 0 Å². The largest absolute Gasteiger partial charge is 0.350 e. The van der Waals surface area contributed by atoms with Crippen LogP contribution in [-0.2, 0) is 4.79 Å². The van der Waals surface area contributed by atoms with E-state index >= 15 is 0 Å². The van der Waals surface area contributed by atoms with Gasteiger partial charge in [0.05, 0.1) is 6.04 Å². The van der Waals surface area contributed by atoms with Gasteiger partial charge in [-0.2, -0.15) is 0 Å². The van der Waals surface area contributed by atoms with Crippen molar-refractivity contribution in [3.05, 3.63) is 0 Å². The Kier molecular flexibility index (Phi) is 5.40. The van der Waals surface area contributed by atoms with Gasteiger partial charge in [0.2, 0.25) is 5.91 Å². The zero-order chi connectivity index (χ0) is 13.0. The Hall–Kier alpha value is -0.610. The summed E-state index contributed by atoms with van der Waals surface area (Å²) in [6.07, 6.45) is 1.10. The molecule has 0 aromatic carbocycles. The van der Waals surface area contributed by atoms with Gasteiger partial charge in [0.25, 0.3) is 0 Å². The lowest BCUT2D eigenvalue weighted by molar-refractivity contribution is -0.124. The first-order chi connectivity index (χ1) is 7.91. The van der Waals surface area contributed by atoms with Crippen molar-refractivity contribution < 1.29 is 4.79 Å². The van der Waals surface area contributed by atoms with Crippen LogP contribution >= 0.6 is 0 Å². The summed E-state index contributed by atoms with van der Waals surface area (Å²) >= 11 is 0. The summed E-state index contributed by atoms with van der Waals surface area (Å²) in [7, 11) is 4.08. The maximum absolute atomic E-state index is 12.2. The molecule has 0 aromatic heterocycles. The molecular formula is C13H27N3O. The molecule has 0 aliphatic carbocycles. The van der Waals surface area contributed by atoms with Gasteiger partial charge < -0.3 is 15.5 Å². The predicted octanol–water partition coefficient (Wildman–Crippen LogP) is 0.687. The quantitative estimate of drug-likeness (QED) is 0.744. The third kappa shape index (κ3) is 4.28. The lowest BCUT2D eigenvalue weighted by atomic mass is 10.00. The number of carbonyl (C=O) groups excluding carboxylic acids is 1. The summed E-state index contributed by atoms with van der Waals surface area (Å²) in [4.78, 5) is 14.3. The van der Waals surface area contributed by atoms with Crippen LogP contribution in [0.3, 0.4) is 0 Å². The summed E-state index contributed by atoms with van der Waals surface area (Å²) in [6.45, 7) is 8.30. The molecule has 1 heterocycles. The maximum atomic E-state index is 12.2. The van der Waals surface area contributed by atoms with E-state index in [1.807, 2.05) is 14.1 Å². The number of carbonyl (C=O) groups is 1. The molecule has 1 aliphatic heterocycles. The zero-order valence-corrected chi connectivity index (χ0v) is 11.8. The van der Waals surface area contributed by atoms with Crippen molar-refractivity contribution in [2.75, 3.05) is 27.2 Å². The minimum absolute atomic E-state index is 0.00147. The van der Waals surface area contributed by atoms with E-state index in [9.17, 15) is 4.79 Å². The van der Waals surface area contributed by atoms with Crippen molar-refractivity contribution in [3.63, 3.8) is 0 Å². The van der Waals surface area contributed by atoms with Crippen LogP contribution in [0.2, 0.25) is 0 Å². The molecule has 100 valence electrons. The molecule has 3 atom stereocenters. The van der Waals surface area contributed by atoms with Gasteiger partial charge in [-0.05, 0) is 38.9 Å². The van der Waals surface area contributed by atoms with Crippen molar-refractivity contribution in [2.24, 2.45) is 11.8 Å². The number of hydrogen-bond donors (Lipinski definition) is 2. The third-order valence-electron chi connectivity index (χ3n) is 3.51. The van der Waals surface area contributed by atoms with Crippen LogP contribution in [0.4, 0.5) is 0 Å². The molecule has 3 unspecified atom stereocenters. The van der Waals surface area contributed by atoms with E-state index < -0.39 is 0 Å². The highest BCUT2D eigenvalue weighted by Crippen LogP contribution is 2.15. The highest BCUT2D eigenvalue weighted by Gasteiger charge is 2.30. The lowest BCUT2D eigenvalue weighted by Crippen LogP contribution is -2.51. The first-order valence-corrected chi connectivity index (χ1v) is 6.60. The minimum atomic E-state index is -0.00147. The second kappa shape index (κ2) is 6.36. The second-order valence-corrected chi connectivity index (χ2v) is 5.82. The second-order valence-electron chi connectivity index (χ2n) is 5.82. The molecule has 1 amide bonds. The standard InChI is InChI=1S/C13H27N3O/c1-9(2)11(8-16(4)5)15-13(17)12-10(3)6-7-14-12/h9-12,14H,6-8H2,1-5H3,(H,15,17). The predicted molar refractivity (Wildman–Crippen MR) is 70.9 cm³/mol. The molecule has 0 spiro atoms. The minimum Gasteiger partial charge on any atom is -0.350 e. The molecule has 1 aliphatic rings. The monoisotopic (exact) mass is 241 g/mol. The van der Waals surface area contributed by atoms with Crippen LogP contribution < -0.4 is 10.6 Å². The summed E-state index contributed by atoms with van der Waals surface area (Å²) in [5.41, 5.74) is 0. The number of nitrogens with one attached hydrogen (secondary N) is 2. The molecule has 0 radical (unpaired) electrons. The van der Waals surface area contributed by atoms with Crippen LogP contribution in [0.1, 0.15) is 27.2 Å². The topological polar surface area (TPSA) is 44.4 Å². The van der Waals surface area contributed by atoms with Gasteiger partial charge in [0, 0.05) is 12.6 Å². The summed E-state index contributed by atoms with van der Waals surface area (Å²) in [6, 6.07) is 0.227. The lowest BCUT2D eigenvalue weighted by Gasteiger charge is -2.27. The van der Waals surface area contributed by atoms with Crippen molar-refractivity contribution in [1.82, 2.24) is 15.5 Å². The van der Waals surface area contributed by atoms with Gasteiger partial charge in [-0.1, -0.05) is 20.8 Å². The van der Waals surface area contributed by atoms with E-state index in [1.54, 1.807) is 0 Å². The van der Waals surface area contributed by atoms with Crippen LogP contribution in [0, 0.1) is 11.8 Å². The Labute approximate surface area is 105 Å². The fraction of sp³-hybridized carbons (Fsp3) is 0.923. The molecule has 0 aromatic rings. The van der Waals surface area contributed by atoms with E-state index in [2.05, 4.69) is 36.3 Å². The number of amides is 1. The van der Waals surface area contributed by atoms with E-state index in [-0.39, 0.29) is 18.0 Å². The van der Waals surface area contributed by atoms with Crippen molar-refractivity contribution >= 4 is 5.91 Å². The first-order valence-electron chi connectivity index (χ1n) is 6.60. The molecule has 4 nitrogen and oxygen atoms in total. The fourth-order valence-electron chi connectivity index (χ4n) is 2.27. The summed E-state index contributed by atoms with van der Waals surface area (Å²) in [5, 5.41) is 6.46. The van der Waals surface area contributed by atoms with Gasteiger partial charge in [-0.3, -0.25) is 4.79 Å². The Balaban J connectivity index is 2.51. The molecule has 1 saturated heterocycles. The molecule has 1 fully saturated rings. The number of hydrogen-bond acceptors (Lipinski definition) is 3. The Morgan fingerprint density at radius 3 is 2.53 bits per heavy atom. The fourth-order valence-corrected chi connectivity index (χ4v) is 2.27. The third-order valence-corrected chi connectivity index (χ3v) is 3.51. The van der Waals surface area contributed by atoms with Crippen molar-refractivity contribution in [1.29, 1.82) is 0 Å². The SMILES string of the molecule is CC(C)C(CN(C)C)NC(=O)C1NCCC1C. The molecule has 17 heavy (non-hydrogen) atoms. The highest BCUT2D eigenvalue weighted by atomic mass is 16.2. The number of rotatable bonds is 5. The van der Waals surface area contributed by atoms with E-state index in [1.165, 1.54) is 0 Å². The Morgan fingerprint density at radius 1 is 1.47 bits per heavy atom. The molecular weight excluding hydrogens is 214 g/mol. The number of nitrogens with zero attached hydrogens (tertiary/aromatic N) is 1. The summed E-state index contributed by atoms with van der Waals surface area (Å²) < 4.78 is 0. The molecule has 1 rings (SSSR count). The van der Waals surface area contributed by atoms with Gasteiger partial charge in [-0.25, -0.2) is 0 Å². The van der Waals surface area contributed by atoms with Crippen molar-refractivity contribution in [3.8, 4) is 0 Å². The molecule has 4 heteroatoms. The summed E-state index contributed by atoms with van der Waals surface area (Å²) in [5.74, 6) is 1.07.